The Hall–Kier alpha value is -1.12. The van der Waals surface area contributed by atoms with E-state index < -0.39 is 0 Å². The number of hydrogen-bond acceptors (Lipinski definition) is 3. The van der Waals surface area contributed by atoms with Crippen LogP contribution in [0.3, 0.4) is 0 Å². The van der Waals surface area contributed by atoms with Crippen LogP contribution in [-0.4, -0.2) is 25.2 Å². The fourth-order valence-electron chi connectivity index (χ4n) is 2.75. The van der Waals surface area contributed by atoms with Crippen molar-refractivity contribution in [1.82, 2.24) is 5.32 Å². The van der Waals surface area contributed by atoms with Crippen molar-refractivity contribution in [3.63, 3.8) is 0 Å². The SMILES string of the molecule is CC(C)N(CC1CCCCN1)c1ccc(C#N)c(Br)c1F. The molecule has 5 heteroatoms. The Kier molecular flexibility index (Phi) is 5.60. The highest BCUT2D eigenvalue weighted by Gasteiger charge is 2.23. The van der Waals surface area contributed by atoms with Crippen molar-refractivity contribution in [2.24, 2.45) is 0 Å². The Morgan fingerprint density at radius 1 is 1.48 bits per heavy atom. The van der Waals surface area contributed by atoms with Crippen LogP contribution in [0.1, 0.15) is 38.7 Å². The molecule has 1 heterocycles. The van der Waals surface area contributed by atoms with Gasteiger partial charge in [-0.25, -0.2) is 4.39 Å². The number of nitrogens with one attached hydrogen (secondary N) is 1. The highest BCUT2D eigenvalue weighted by atomic mass is 79.9. The fourth-order valence-corrected chi connectivity index (χ4v) is 3.18. The molecule has 114 valence electrons. The second-order valence-electron chi connectivity index (χ2n) is 5.76. The van der Waals surface area contributed by atoms with Crippen LogP contribution in [0.4, 0.5) is 10.1 Å². The van der Waals surface area contributed by atoms with Gasteiger partial charge in [0.05, 0.1) is 15.7 Å². The zero-order chi connectivity index (χ0) is 15.4. The Morgan fingerprint density at radius 2 is 2.24 bits per heavy atom. The van der Waals surface area contributed by atoms with E-state index in [0.29, 0.717) is 17.3 Å². The maximum absolute atomic E-state index is 14.6. The van der Waals surface area contributed by atoms with Crippen molar-refractivity contribution in [2.75, 3.05) is 18.0 Å². The zero-order valence-electron chi connectivity index (χ0n) is 12.5. The summed E-state index contributed by atoms with van der Waals surface area (Å²) in [6.45, 7) is 5.95. The first kappa shape index (κ1) is 16.3. The average Bonchev–Trinajstić information content (AvgIpc) is 2.49. The van der Waals surface area contributed by atoms with E-state index in [9.17, 15) is 4.39 Å². The van der Waals surface area contributed by atoms with Gasteiger partial charge in [-0.15, -0.1) is 0 Å². The van der Waals surface area contributed by atoms with Crippen molar-refractivity contribution >= 4 is 21.6 Å². The lowest BCUT2D eigenvalue weighted by atomic mass is 10.0. The predicted molar refractivity (Wildman–Crippen MR) is 86.9 cm³/mol. The molecule has 0 spiro atoms. The lowest BCUT2D eigenvalue weighted by Gasteiger charge is -2.35. The molecule has 1 aromatic carbocycles. The molecule has 0 aromatic heterocycles. The molecule has 3 nitrogen and oxygen atoms in total. The first-order valence-electron chi connectivity index (χ1n) is 7.42. The van der Waals surface area contributed by atoms with E-state index in [1.54, 1.807) is 12.1 Å². The second kappa shape index (κ2) is 7.24. The number of piperidine rings is 1. The molecule has 0 radical (unpaired) electrons. The van der Waals surface area contributed by atoms with Crippen molar-refractivity contribution in [2.45, 2.75) is 45.2 Å². The smallest absolute Gasteiger partial charge is 0.161 e. The van der Waals surface area contributed by atoms with Gasteiger partial charge in [0.2, 0.25) is 0 Å². The normalized spacial score (nSPS) is 18.6. The number of nitriles is 1. The molecule has 1 aliphatic heterocycles. The Bertz CT molecular complexity index is 533. The van der Waals surface area contributed by atoms with Crippen LogP contribution in [0.15, 0.2) is 16.6 Å². The molecule has 0 amide bonds. The molecule has 1 unspecified atom stereocenters. The van der Waals surface area contributed by atoms with Crippen molar-refractivity contribution in [3.8, 4) is 6.07 Å². The van der Waals surface area contributed by atoms with Crippen molar-refractivity contribution < 1.29 is 4.39 Å². The van der Waals surface area contributed by atoms with E-state index >= 15 is 0 Å². The number of hydrogen-bond donors (Lipinski definition) is 1. The summed E-state index contributed by atoms with van der Waals surface area (Å²) in [4.78, 5) is 2.07. The summed E-state index contributed by atoms with van der Waals surface area (Å²) < 4.78 is 14.8. The van der Waals surface area contributed by atoms with Gasteiger partial charge in [0.1, 0.15) is 6.07 Å². The molecule has 1 aromatic rings. The standard InChI is InChI=1S/C16H21BrFN3/c1-11(2)21(10-13-5-3-4-8-20-13)14-7-6-12(9-19)15(17)16(14)18/h6-7,11,13,20H,3-5,8,10H2,1-2H3. The van der Waals surface area contributed by atoms with E-state index in [2.05, 4.69) is 40.0 Å². The third-order valence-electron chi connectivity index (χ3n) is 3.94. The molecule has 1 atom stereocenters. The summed E-state index contributed by atoms with van der Waals surface area (Å²) in [6.07, 6.45) is 3.57. The Balaban J connectivity index is 2.26. The van der Waals surface area contributed by atoms with Crippen LogP contribution in [-0.2, 0) is 0 Å². The summed E-state index contributed by atoms with van der Waals surface area (Å²) in [5.41, 5.74) is 0.888. The minimum absolute atomic E-state index is 0.197. The average molecular weight is 354 g/mol. The van der Waals surface area contributed by atoms with Crippen molar-refractivity contribution in [1.29, 1.82) is 5.26 Å². The van der Waals surface area contributed by atoms with E-state index in [0.717, 1.165) is 19.5 Å². The van der Waals surface area contributed by atoms with Gasteiger partial charge in [0.25, 0.3) is 0 Å². The molecule has 21 heavy (non-hydrogen) atoms. The third kappa shape index (κ3) is 3.75. The van der Waals surface area contributed by atoms with Crippen molar-refractivity contribution in [3.05, 3.63) is 28.0 Å². The molecule has 1 aliphatic rings. The lowest BCUT2D eigenvalue weighted by molar-refractivity contribution is 0.392. The number of nitrogens with zero attached hydrogens (tertiary/aromatic N) is 2. The molecule has 0 bridgehead atoms. The topological polar surface area (TPSA) is 39.1 Å². The Labute approximate surface area is 134 Å². The van der Waals surface area contributed by atoms with Gasteiger partial charge in [-0.05, 0) is 61.3 Å². The van der Waals surface area contributed by atoms with Gasteiger partial charge >= 0.3 is 0 Å². The van der Waals surface area contributed by atoms with Crippen LogP contribution >= 0.6 is 15.9 Å². The fraction of sp³-hybridized carbons (Fsp3) is 0.562. The molecule has 0 saturated carbocycles. The summed E-state index contributed by atoms with van der Waals surface area (Å²) in [5, 5.41) is 12.5. The van der Waals surface area contributed by atoms with E-state index in [1.807, 2.05) is 6.07 Å². The first-order chi connectivity index (χ1) is 10.0. The van der Waals surface area contributed by atoms with E-state index in [-0.39, 0.29) is 16.3 Å². The molecular weight excluding hydrogens is 333 g/mol. The first-order valence-corrected chi connectivity index (χ1v) is 8.22. The molecule has 1 saturated heterocycles. The van der Waals surface area contributed by atoms with Gasteiger partial charge in [-0.2, -0.15) is 5.26 Å². The largest absolute Gasteiger partial charge is 0.365 e. The van der Waals surface area contributed by atoms with Crippen LogP contribution in [0.2, 0.25) is 0 Å². The monoisotopic (exact) mass is 353 g/mol. The summed E-state index contributed by atoms with van der Waals surface area (Å²) in [5.74, 6) is -0.349. The van der Waals surface area contributed by atoms with Gasteiger partial charge in [0.15, 0.2) is 5.82 Å². The minimum atomic E-state index is -0.349. The molecule has 0 aliphatic carbocycles. The minimum Gasteiger partial charge on any atom is -0.365 e. The lowest BCUT2D eigenvalue weighted by Crippen LogP contribution is -2.46. The number of rotatable bonds is 4. The summed E-state index contributed by atoms with van der Waals surface area (Å²) >= 11 is 3.19. The maximum Gasteiger partial charge on any atom is 0.161 e. The summed E-state index contributed by atoms with van der Waals surface area (Å²) in [6, 6.07) is 5.97. The van der Waals surface area contributed by atoms with E-state index in [4.69, 9.17) is 5.26 Å². The van der Waals surface area contributed by atoms with Gasteiger partial charge in [-0.3, -0.25) is 0 Å². The van der Waals surface area contributed by atoms with Gasteiger partial charge in [-0.1, -0.05) is 6.42 Å². The highest BCUT2D eigenvalue weighted by molar-refractivity contribution is 9.10. The number of anilines is 1. The van der Waals surface area contributed by atoms with Gasteiger partial charge < -0.3 is 10.2 Å². The van der Waals surface area contributed by atoms with Gasteiger partial charge in [0, 0.05) is 18.6 Å². The Morgan fingerprint density at radius 3 is 2.81 bits per heavy atom. The maximum atomic E-state index is 14.6. The molecular formula is C16H21BrFN3. The molecule has 2 rings (SSSR count). The quantitative estimate of drug-likeness (QED) is 0.894. The van der Waals surface area contributed by atoms with Crippen LogP contribution in [0.25, 0.3) is 0 Å². The molecule has 1 fully saturated rings. The third-order valence-corrected chi connectivity index (χ3v) is 4.72. The predicted octanol–water partition coefficient (Wildman–Crippen LogP) is 3.82. The molecule has 1 N–H and O–H groups in total. The zero-order valence-corrected chi connectivity index (χ0v) is 14.1. The number of benzene rings is 1. The van der Waals surface area contributed by atoms with Crippen LogP contribution < -0.4 is 10.2 Å². The van der Waals surface area contributed by atoms with Crippen LogP contribution in [0, 0.1) is 17.1 Å². The highest BCUT2D eigenvalue weighted by Crippen LogP contribution is 2.30. The second-order valence-corrected chi connectivity index (χ2v) is 6.56. The van der Waals surface area contributed by atoms with E-state index in [1.165, 1.54) is 12.8 Å². The number of halogens is 2. The summed E-state index contributed by atoms with van der Waals surface area (Å²) in [7, 11) is 0. The van der Waals surface area contributed by atoms with Crippen LogP contribution in [0.5, 0.6) is 0 Å².